The minimum atomic E-state index is -0.879. The Labute approximate surface area is 208 Å². The Hall–Kier alpha value is -2.98. The number of nitrogens with one attached hydrogen (secondary N) is 2. The summed E-state index contributed by atoms with van der Waals surface area (Å²) in [6.45, 7) is 1.53. The maximum Gasteiger partial charge on any atom is 0.267 e. The van der Waals surface area contributed by atoms with Crippen LogP contribution in [0.5, 0.6) is 0 Å². The molecule has 6 N–H and O–H groups in total. The van der Waals surface area contributed by atoms with Crippen molar-refractivity contribution in [1.82, 2.24) is 15.6 Å². The SMILES string of the molecule is CC(NC(=O)/C(N)=C\CCCCSSc1ccccn1)C(=O)NC(Cc1ccccc1)C(N)=O. The third-order valence-electron chi connectivity index (χ3n) is 4.77. The number of carbonyl (C=O) groups is 3. The quantitative estimate of drug-likeness (QED) is 0.177. The predicted molar refractivity (Wildman–Crippen MR) is 138 cm³/mol. The molecular formula is C24H31N5O3S2. The number of hydrogen-bond acceptors (Lipinski definition) is 7. The van der Waals surface area contributed by atoms with Crippen LogP contribution in [-0.2, 0) is 20.8 Å². The monoisotopic (exact) mass is 501 g/mol. The van der Waals surface area contributed by atoms with Crippen LogP contribution in [0.15, 0.2) is 71.5 Å². The number of nitrogens with zero attached hydrogens (tertiary/aromatic N) is 1. The van der Waals surface area contributed by atoms with Gasteiger partial charge in [-0.3, -0.25) is 14.4 Å². The van der Waals surface area contributed by atoms with E-state index in [9.17, 15) is 14.4 Å². The molecule has 34 heavy (non-hydrogen) atoms. The van der Waals surface area contributed by atoms with Gasteiger partial charge in [-0.15, -0.1) is 0 Å². The molecule has 0 saturated heterocycles. The van der Waals surface area contributed by atoms with Crippen LogP contribution in [0.2, 0.25) is 0 Å². The fraction of sp³-hybridized carbons (Fsp3) is 0.333. The molecule has 0 fully saturated rings. The fourth-order valence-electron chi connectivity index (χ4n) is 2.87. The Bertz CT molecular complexity index is 958. The van der Waals surface area contributed by atoms with Crippen LogP contribution in [0.1, 0.15) is 31.7 Å². The summed E-state index contributed by atoms with van der Waals surface area (Å²) in [6.07, 6.45) is 6.23. The first kappa shape index (κ1) is 27.3. The molecule has 2 aromatic rings. The number of unbranched alkanes of at least 4 members (excludes halogenated alkanes) is 2. The lowest BCUT2D eigenvalue weighted by Gasteiger charge is -2.19. The highest BCUT2D eigenvalue weighted by Crippen LogP contribution is 2.29. The summed E-state index contributed by atoms with van der Waals surface area (Å²) in [7, 11) is 3.38. The number of allylic oxidation sites excluding steroid dienone is 1. The third kappa shape index (κ3) is 10.3. The van der Waals surface area contributed by atoms with Gasteiger partial charge in [0.15, 0.2) is 0 Å². The standard InChI is InChI=1S/C24H31N5O3S2/c1-17(23(31)29-20(22(26)30)16-18-10-4-2-5-11-18)28-24(32)19(25)12-6-3-9-15-33-34-21-13-7-8-14-27-21/h2,4-5,7-8,10-14,17,20H,3,6,9,15-16,25H2,1H3,(H2,26,30)(H,28,32)(H,29,31)/b19-12+. The Morgan fingerprint density at radius 3 is 2.44 bits per heavy atom. The number of rotatable bonds is 14. The number of amides is 3. The van der Waals surface area contributed by atoms with Crippen LogP contribution in [-0.4, -0.2) is 40.5 Å². The maximum absolute atomic E-state index is 12.5. The Morgan fingerprint density at radius 2 is 1.76 bits per heavy atom. The summed E-state index contributed by atoms with van der Waals surface area (Å²) in [5, 5.41) is 6.13. The molecular weight excluding hydrogens is 470 g/mol. The second-order valence-electron chi connectivity index (χ2n) is 7.58. The summed E-state index contributed by atoms with van der Waals surface area (Å²) in [5.74, 6) is -0.723. The molecule has 0 saturated carbocycles. The lowest BCUT2D eigenvalue weighted by atomic mass is 10.1. The van der Waals surface area contributed by atoms with Crippen molar-refractivity contribution in [3.63, 3.8) is 0 Å². The van der Waals surface area contributed by atoms with E-state index in [1.165, 1.54) is 6.92 Å². The number of carbonyl (C=O) groups excluding carboxylic acids is 3. The summed E-state index contributed by atoms with van der Waals surface area (Å²) in [5.41, 5.74) is 12.2. The van der Waals surface area contributed by atoms with Crippen LogP contribution >= 0.6 is 21.6 Å². The normalized spacial score (nSPS) is 13.0. The lowest BCUT2D eigenvalue weighted by molar-refractivity contribution is -0.130. The minimum absolute atomic E-state index is 0.0610. The van der Waals surface area contributed by atoms with Gasteiger partial charge in [0.1, 0.15) is 17.1 Å². The molecule has 0 aliphatic heterocycles. The third-order valence-corrected chi connectivity index (χ3v) is 7.13. The second kappa shape index (κ2) is 15.0. The Balaban J connectivity index is 1.69. The van der Waals surface area contributed by atoms with E-state index in [1.54, 1.807) is 33.9 Å². The first-order chi connectivity index (χ1) is 16.4. The molecule has 8 nitrogen and oxygen atoms in total. The molecule has 0 aliphatic carbocycles. The van der Waals surface area contributed by atoms with Gasteiger partial charge < -0.3 is 22.1 Å². The number of benzene rings is 1. The zero-order chi connectivity index (χ0) is 24.8. The minimum Gasteiger partial charge on any atom is -0.395 e. The van der Waals surface area contributed by atoms with Crippen molar-refractivity contribution in [2.75, 3.05) is 5.75 Å². The van der Waals surface area contributed by atoms with Gasteiger partial charge in [0.25, 0.3) is 5.91 Å². The van der Waals surface area contributed by atoms with E-state index in [2.05, 4.69) is 15.6 Å². The van der Waals surface area contributed by atoms with Crippen molar-refractivity contribution in [2.24, 2.45) is 11.5 Å². The van der Waals surface area contributed by atoms with Gasteiger partial charge in [-0.05, 0) is 54.7 Å². The number of hydrogen-bond donors (Lipinski definition) is 4. The molecule has 1 aromatic carbocycles. The number of primary amides is 1. The van der Waals surface area contributed by atoms with Crippen molar-refractivity contribution in [3.8, 4) is 0 Å². The fourth-order valence-corrected chi connectivity index (χ4v) is 4.89. The van der Waals surface area contributed by atoms with E-state index >= 15 is 0 Å². The van der Waals surface area contributed by atoms with E-state index in [1.807, 2.05) is 48.5 Å². The summed E-state index contributed by atoms with van der Waals surface area (Å²) >= 11 is 0. The molecule has 182 valence electrons. The van der Waals surface area contributed by atoms with Gasteiger partial charge in [-0.1, -0.05) is 53.3 Å². The van der Waals surface area contributed by atoms with Crippen LogP contribution < -0.4 is 22.1 Å². The van der Waals surface area contributed by atoms with Gasteiger partial charge >= 0.3 is 0 Å². The molecule has 0 spiro atoms. The van der Waals surface area contributed by atoms with Crippen LogP contribution in [0.4, 0.5) is 0 Å². The van der Waals surface area contributed by atoms with E-state index in [0.29, 0.717) is 6.42 Å². The van der Waals surface area contributed by atoms with Gasteiger partial charge in [-0.2, -0.15) is 0 Å². The summed E-state index contributed by atoms with van der Waals surface area (Å²) in [6, 6.07) is 13.3. The molecule has 2 rings (SSSR count). The Morgan fingerprint density at radius 1 is 1.03 bits per heavy atom. The van der Waals surface area contributed by atoms with E-state index in [4.69, 9.17) is 11.5 Å². The van der Waals surface area contributed by atoms with Crippen molar-refractivity contribution in [1.29, 1.82) is 0 Å². The zero-order valence-corrected chi connectivity index (χ0v) is 20.7. The van der Waals surface area contributed by atoms with E-state index in [0.717, 1.165) is 29.2 Å². The van der Waals surface area contributed by atoms with Crippen LogP contribution in [0.3, 0.4) is 0 Å². The molecule has 2 unspecified atom stereocenters. The maximum atomic E-state index is 12.5. The molecule has 3 amide bonds. The number of aromatic nitrogens is 1. The number of nitrogens with two attached hydrogens (primary N) is 2. The average molecular weight is 502 g/mol. The van der Waals surface area contributed by atoms with Gasteiger partial charge in [0.2, 0.25) is 11.8 Å². The molecule has 1 aromatic heterocycles. The highest BCUT2D eigenvalue weighted by molar-refractivity contribution is 8.76. The van der Waals surface area contributed by atoms with Gasteiger partial charge in [0, 0.05) is 18.4 Å². The first-order valence-corrected chi connectivity index (χ1v) is 13.3. The lowest BCUT2D eigenvalue weighted by Crippen LogP contribution is -2.53. The van der Waals surface area contributed by atoms with Crippen molar-refractivity contribution < 1.29 is 14.4 Å². The highest BCUT2D eigenvalue weighted by Gasteiger charge is 2.23. The van der Waals surface area contributed by atoms with Crippen molar-refractivity contribution >= 4 is 39.3 Å². The van der Waals surface area contributed by atoms with Crippen molar-refractivity contribution in [2.45, 2.75) is 49.7 Å². The Kier molecular flexibility index (Phi) is 12.0. The van der Waals surface area contributed by atoms with Crippen molar-refractivity contribution in [3.05, 3.63) is 72.1 Å². The zero-order valence-electron chi connectivity index (χ0n) is 19.1. The molecule has 10 heteroatoms. The summed E-state index contributed by atoms with van der Waals surface area (Å²) < 4.78 is 0. The topological polar surface area (TPSA) is 140 Å². The largest absolute Gasteiger partial charge is 0.395 e. The highest BCUT2D eigenvalue weighted by atomic mass is 33.1. The average Bonchev–Trinajstić information content (AvgIpc) is 2.83. The number of pyridine rings is 1. The van der Waals surface area contributed by atoms with E-state index in [-0.39, 0.29) is 12.1 Å². The van der Waals surface area contributed by atoms with Crippen LogP contribution in [0.25, 0.3) is 0 Å². The molecule has 2 atom stereocenters. The second-order valence-corrected chi connectivity index (χ2v) is 10.0. The predicted octanol–water partition coefficient (Wildman–Crippen LogP) is 2.55. The van der Waals surface area contributed by atoms with E-state index < -0.39 is 29.8 Å². The summed E-state index contributed by atoms with van der Waals surface area (Å²) in [4.78, 5) is 40.8. The molecule has 0 aliphatic rings. The molecule has 0 radical (unpaired) electrons. The first-order valence-electron chi connectivity index (χ1n) is 11.0. The molecule has 0 bridgehead atoms. The smallest absolute Gasteiger partial charge is 0.267 e. The van der Waals surface area contributed by atoms with Gasteiger partial charge in [0.05, 0.1) is 5.70 Å². The van der Waals surface area contributed by atoms with Crippen LogP contribution in [0, 0.1) is 0 Å². The molecule has 1 heterocycles. The van der Waals surface area contributed by atoms with Gasteiger partial charge in [-0.25, -0.2) is 4.98 Å².